The van der Waals surface area contributed by atoms with Crippen molar-refractivity contribution in [3.05, 3.63) is 47.0 Å². The number of ketones is 1. The number of allylic oxidation sites excluding steroid dienone is 1. The van der Waals surface area contributed by atoms with Crippen molar-refractivity contribution in [2.45, 2.75) is 64.5 Å². The van der Waals surface area contributed by atoms with Crippen LogP contribution in [-0.2, 0) is 11.3 Å². The third-order valence-electron chi connectivity index (χ3n) is 5.36. The Balaban J connectivity index is 1.91. The third kappa shape index (κ3) is 2.85. The van der Waals surface area contributed by atoms with Crippen LogP contribution >= 0.6 is 0 Å². The Labute approximate surface area is 138 Å². The van der Waals surface area contributed by atoms with Crippen molar-refractivity contribution in [1.29, 1.82) is 0 Å². The van der Waals surface area contributed by atoms with Crippen molar-refractivity contribution in [2.75, 3.05) is 0 Å². The molecule has 1 heterocycles. The Morgan fingerprint density at radius 3 is 2.87 bits per heavy atom. The lowest BCUT2D eigenvalue weighted by atomic mass is 9.92. The number of hydrogen-bond donors (Lipinski definition) is 0. The first-order chi connectivity index (χ1) is 11.0. The van der Waals surface area contributed by atoms with Gasteiger partial charge in [-0.05, 0) is 48.8 Å². The van der Waals surface area contributed by atoms with Crippen molar-refractivity contribution in [1.82, 2.24) is 4.90 Å². The quantitative estimate of drug-likeness (QED) is 0.619. The van der Waals surface area contributed by atoms with Gasteiger partial charge >= 0.3 is 0 Å². The number of Topliss-reactive ketones (excluding diaryl/α,β-unsaturated/α-hetero) is 1. The fourth-order valence-electron chi connectivity index (χ4n) is 3.80. The minimum absolute atomic E-state index is 0.0241. The largest absolute Gasteiger partial charge is 0.324 e. The molecule has 0 spiro atoms. The molecule has 0 saturated heterocycles. The van der Waals surface area contributed by atoms with Crippen molar-refractivity contribution in [3.63, 3.8) is 0 Å². The van der Waals surface area contributed by atoms with Crippen LogP contribution in [0.25, 0.3) is 0 Å². The predicted molar refractivity (Wildman–Crippen MR) is 91.4 cm³/mol. The molecule has 1 aromatic rings. The lowest BCUT2D eigenvalue weighted by Gasteiger charge is -2.25. The Morgan fingerprint density at radius 2 is 2.13 bits per heavy atom. The van der Waals surface area contributed by atoms with Crippen LogP contribution in [0.1, 0.15) is 73.4 Å². The topological polar surface area (TPSA) is 37.4 Å². The zero-order chi connectivity index (χ0) is 16.6. The molecule has 0 radical (unpaired) electrons. The van der Waals surface area contributed by atoms with Crippen molar-refractivity contribution >= 4 is 11.7 Å². The lowest BCUT2D eigenvalue weighted by molar-refractivity contribution is -0.122. The zero-order valence-electron chi connectivity index (χ0n) is 14.1. The van der Waals surface area contributed by atoms with Gasteiger partial charge in [0.25, 0.3) is 5.91 Å². The summed E-state index contributed by atoms with van der Waals surface area (Å²) in [7, 11) is 0. The second kappa shape index (κ2) is 6.31. The fraction of sp³-hybridized carbons (Fsp3) is 0.500. The van der Waals surface area contributed by atoms with Crippen LogP contribution in [0.15, 0.2) is 30.4 Å². The van der Waals surface area contributed by atoms with Gasteiger partial charge in [-0.25, -0.2) is 0 Å². The number of benzene rings is 1. The average Bonchev–Trinajstić information content (AvgIpc) is 2.77. The number of rotatable bonds is 3. The number of amides is 1. The summed E-state index contributed by atoms with van der Waals surface area (Å²) in [6.07, 6.45) is 4.06. The Kier molecular flexibility index (Phi) is 4.38. The van der Waals surface area contributed by atoms with Gasteiger partial charge in [-0.15, -0.1) is 0 Å². The highest BCUT2D eigenvalue weighted by atomic mass is 16.2. The highest BCUT2D eigenvalue weighted by Gasteiger charge is 2.38. The molecule has 1 aliphatic carbocycles. The lowest BCUT2D eigenvalue weighted by Crippen LogP contribution is -2.40. The Hall–Kier alpha value is -1.90. The van der Waals surface area contributed by atoms with Gasteiger partial charge < -0.3 is 4.90 Å². The number of fused-ring (bicyclic) bond motifs is 1. The van der Waals surface area contributed by atoms with E-state index in [0.717, 1.165) is 42.4 Å². The molecule has 1 aromatic carbocycles. The average molecular weight is 311 g/mol. The maximum atomic E-state index is 12.8. The van der Waals surface area contributed by atoms with Crippen LogP contribution in [0.2, 0.25) is 0 Å². The number of nitrogens with zero attached hydrogens (tertiary/aromatic N) is 1. The summed E-state index contributed by atoms with van der Waals surface area (Å²) in [6.45, 7) is 8.91. The van der Waals surface area contributed by atoms with Gasteiger partial charge in [-0.1, -0.05) is 38.1 Å². The summed E-state index contributed by atoms with van der Waals surface area (Å²) in [5, 5.41) is 0. The molecular weight excluding hydrogens is 286 g/mol. The van der Waals surface area contributed by atoms with Crippen LogP contribution < -0.4 is 0 Å². The molecule has 0 bridgehead atoms. The van der Waals surface area contributed by atoms with E-state index in [2.05, 4.69) is 26.5 Å². The Bertz CT molecular complexity index is 662. The monoisotopic (exact) mass is 311 g/mol. The molecule has 1 amide bonds. The summed E-state index contributed by atoms with van der Waals surface area (Å²) in [5.74, 6) is 0.608. The second-order valence-electron chi connectivity index (χ2n) is 6.92. The molecule has 1 saturated carbocycles. The van der Waals surface area contributed by atoms with Gasteiger partial charge in [0.2, 0.25) is 0 Å². The van der Waals surface area contributed by atoms with E-state index in [-0.39, 0.29) is 17.7 Å². The van der Waals surface area contributed by atoms with Gasteiger partial charge in [0, 0.05) is 18.5 Å². The first-order valence-electron chi connectivity index (χ1n) is 8.65. The van der Waals surface area contributed by atoms with E-state index in [1.165, 1.54) is 5.56 Å². The molecule has 1 fully saturated rings. The standard InChI is InChI=1S/C20H25NO2/c1-4-14(3)15-8-6-9-16-17(15)12-21(20(16)23)18-10-5-7-13(2)11-19(18)22/h6,8-9,14,18H,2,4-5,7,10-12H2,1,3H3/t14?,18-/m0/s1. The number of hydrogen-bond acceptors (Lipinski definition) is 2. The molecule has 3 rings (SSSR count). The molecule has 2 aliphatic rings. The van der Waals surface area contributed by atoms with E-state index in [1.54, 1.807) is 4.90 Å². The maximum Gasteiger partial charge on any atom is 0.255 e. The van der Waals surface area contributed by atoms with Crippen molar-refractivity contribution < 1.29 is 9.59 Å². The number of carbonyl (C=O) groups excluding carboxylic acids is 2. The van der Waals surface area contributed by atoms with Crippen molar-refractivity contribution in [2.24, 2.45) is 0 Å². The molecule has 2 atom stereocenters. The molecule has 0 N–H and O–H groups in total. The molecule has 23 heavy (non-hydrogen) atoms. The molecular formula is C20H25NO2. The van der Waals surface area contributed by atoms with Crippen LogP contribution in [-0.4, -0.2) is 22.6 Å². The highest BCUT2D eigenvalue weighted by molar-refractivity contribution is 6.02. The molecule has 1 aliphatic heterocycles. The minimum Gasteiger partial charge on any atom is -0.324 e. The summed E-state index contributed by atoms with van der Waals surface area (Å²) in [5.41, 5.74) is 4.18. The van der Waals surface area contributed by atoms with Crippen LogP contribution in [0, 0.1) is 0 Å². The number of carbonyl (C=O) groups is 2. The SMILES string of the molecule is C=C1CCC[C@H](N2Cc3c(cccc3C(C)CC)C2=O)C(=O)C1. The molecule has 0 aromatic heterocycles. The molecule has 122 valence electrons. The predicted octanol–water partition coefficient (Wildman–Crippen LogP) is 4.22. The fourth-order valence-corrected chi connectivity index (χ4v) is 3.80. The summed E-state index contributed by atoms with van der Waals surface area (Å²) in [4.78, 5) is 27.2. The van der Waals surface area contributed by atoms with E-state index in [9.17, 15) is 9.59 Å². The zero-order valence-corrected chi connectivity index (χ0v) is 14.1. The van der Waals surface area contributed by atoms with Crippen LogP contribution in [0.3, 0.4) is 0 Å². The smallest absolute Gasteiger partial charge is 0.255 e. The molecule has 3 heteroatoms. The normalized spacial score (nSPS) is 23.0. The van der Waals surface area contributed by atoms with Gasteiger partial charge in [-0.2, -0.15) is 0 Å². The van der Waals surface area contributed by atoms with Crippen LogP contribution in [0.5, 0.6) is 0 Å². The van der Waals surface area contributed by atoms with Crippen molar-refractivity contribution in [3.8, 4) is 0 Å². The molecule has 1 unspecified atom stereocenters. The minimum atomic E-state index is -0.279. The van der Waals surface area contributed by atoms with E-state index >= 15 is 0 Å². The van der Waals surface area contributed by atoms with Crippen LogP contribution in [0.4, 0.5) is 0 Å². The third-order valence-corrected chi connectivity index (χ3v) is 5.36. The van der Waals surface area contributed by atoms with E-state index in [1.807, 2.05) is 12.1 Å². The van der Waals surface area contributed by atoms with E-state index in [4.69, 9.17) is 0 Å². The van der Waals surface area contributed by atoms with E-state index < -0.39 is 0 Å². The first kappa shape index (κ1) is 16.0. The maximum absolute atomic E-state index is 12.8. The van der Waals surface area contributed by atoms with Gasteiger partial charge in [0.05, 0.1) is 6.04 Å². The highest BCUT2D eigenvalue weighted by Crippen LogP contribution is 2.34. The summed E-state index contributed by atoms with van der Waals surface area (Å²) >= 11 is 0. The van der Waals surface area contributed by atoms with Gasteiger partial charge in [0.15, 0.2) is 5.78 Å². The second-order valence-corrected chi connectivity index (χ2v) is 6.92. The Morgan fingerprint density at radius 1 is 1.35 bits per heavy atom. The van der Waals surface area contributed by atoms with E-state index in [0.29, 0.717) is 18.9 Å². The molecule has 3 nitrogen and oxygen atoms in total. The van der Waals surface area contributed by atoms with Gasteiger partial charge in [0.1, 0.15) is 0 Å². The first-order valence-corrected chi connectivity index (χ1v) is 8.65. The summed E-state index contributed by atoms with van der Waals surface area (Å²) in [6, 6.07) is 5.72. The van der Waals surface area contributed by atoms with Gasteiger partial charge in [-0.3, -0.25) is 9.59 Å². The summed E-state index contributed by atoms with van der Waals surface area (Å²) < 4.78 is 0.